The number of sulfonamides is 1. The Kier molecular flexibility index (Phi) is 30.5. The van der Waals surface area contributed by atoms with E-state index in [0.717, 1.165) is 27.3 Å². The Hall–Kier alpha value is -7.23. The van der Waals surface area contributed by atoms with Crippen molar-refractivity contribution in [2.45, 2.75) is 140 Å². The molecule has 0 aromatic carbocycles. The largest absolute Gasteiger partial charge is 0.477 e. The van der Waals surface area contributed by atoms with Crippen LogP contribution in [0.3, 0.4) is 0 Å². The van der Waals surface area contributed by atoms with Crippen LogP contribution >= 0.6 is 0 Å². The average molecular weight is 1070 g/mol. The number of aryl methyl sites for hydroxylation is 2. The Balaban J connectivity index is 0. The van der Waals surface area contributed by atoms with Crippen LogP contribution in [-0.4, -0.2) is 189 Å². The number of carboxylic acids is 1. The van der Waals surface area contributed by atoms with Gasteiger partial charge in [0.15, 0.2) is 11.4 Å². The van der Waals surface area contributed by atoms with Gasteiger partial charge in [-0.25, -0.2) is 41.8 Å². The molecule has 10 N–H and O–H groups in total. The van der Waals surface area contributed by atoms with Gasteiger partial charge >= 0.3 is 35.9 Å². The van der Waals surface area contributed by atoms with Gasteiger partial charge in [0.1, 0.15) is 0 Å². The summed E-state index contributed by atoms with van der Waals surface area (Å²) in [4.78, 5) is 127. The molecular formula is C46H80N14O13S. The number of likely N-dealkylation sites (N-methyl/N-ethyl adjacent to an activating group) is 1. The van der Waals surface area contributed by atoms with E-state index in [-0.39, 0.29) is 92.8 Å². The lowest BCUT2D eigenvalue weighted by Gasteiger charge is -2.32. The molecule has 2 aliphatic heterocycles. The minimum atomic E-state index is -3.58. The first kappa shape index (κ1) is 68.8. The third-order valence-electron chi connectivity index (χ3n) is 9.23. The Morgan fingerprint density at radius 1 is 0.730 bits per heavy atom. The molecule has 28 heteroatoms. The van der Waals surface area contributed by atoms with E-state index in [0.29, 0.717) is 23.0 Å². The lowest BCUT2D eigenvalue weighted by Crippen LogP contribution is -2.58. The quantitative estimate of drug-likeness (QED) is 0.128. The number of hydrogen-bond acceptors (Lipinski definition) is 15. The summed E-state index contributed by atoms with van der Waals surface area (Å²) in [7, 11) is -2.08. The molecular weight excluding hydrogens is 989 g/mol. The number of hydrogen-bond donors (Lipinski definition) is 9. The number of amides is 12. The van der Waals surface area contributed by atoms with E-state index in [4.69, 9.17) is 10.8 Å². The number of nitrogens with one attached hydrogen (secondary N) is 7. The number of pyridine rings is 1. The Bertz CT molecular complexity index is 2350. The molecule has 0 radical (unpaired) electrons. The van der Waals surface area contributed by atoms with Gasteiger partial charge in [-0.3, -0.25) is 38.7 Å². The maximum Gasteiger partial charge on any atom is 0.354 e. The molecule has 2 aliphatic rings. The van der Waals surface area contributed by atoms with Crippen LogP contribution in [0.25, 0.3) is 0 Å². The van der Waals surface area contributed by atoms with E-state index < -0.39 is 57.8 Å². The molecule has 1 atom stereocenters. The number of nitrogens with zero attached hydrogens (tertiary/aromatic N) is 6. The summed E-state index contributed by atoms with van der Waals surface area (Å²) < 4.78 is 23.0. The number of urea groups is 3. The molecule has 2 fully saturated rings. The molecule has 27 nitrogen and oxygen atoms in total. The molecule has 418 valence electrons. The van der Waals surface area contributed by atoms with Crippen molar-refractivity contribution < 1.29 is 61.5 Å². The number of H-pyrrole nitrogens is 1. The molecule has 1 unspecified atom stereocenters. The molecule has 4 rings (SSSR count). The fraction of sp³-hybridized carbons (Fsp3) is 0.609. The van der Waals surface area contributed by atoms with Crippen molar-refractivity contribution in [1.29, 1.82) is 0 Å². The standard InChI is InChI=1S/C11H16N2O.C10H17N3O3.C8H15N3O4S.C8H11N3O3.C8H17N3O2.CH4/c1-7(2)13-11(14)10-6-12-9(4)5-8(10)3;1-4-12-5-6-13(9(15)8(12)14)10(16)11-7(2)3;1-6(2)9-7(12)10-4-5-11(8(10)13)16(3,14)15;1-4(2)11-7(12)5-6(8(13)14)10-3-9-5;1-5(2)11-8(13)6(9)4-7(12)10-3;/h5-7H,1-4H3,(H,13,14);7H,4-6H2,1-3H3,(H,11,16);6H,4-5H2,1-3H3,(H,9,12);3-4H,1-2H3,(H,9,10)(H,11,12)(H,13,14);5-6H,4,9H2,1-3H3,(H,10,12)(H,11,13);1H4. The minimum Gasteiger partial charge on any atom is -0.477 e. The topological polar surface area (TPSA) is 378 Å². The van der Waals surface area contributed by atoms with Crippen molar-refractivity contribution in [2.24, 2.45) is 5.73 Å². The number of nitrogens with two attached hydrogens (primary N) is 1. The first-order valence-corrected chi connectivity index (χ1v) is 25.1. The average Bonchev–Trinajstić information content (AvgIpc) is 3.92. The number of imide groups is 2. The van der Waals surface area contributed by atoms with Crippen molar-refractivity contribution in [3.8, 4) is 0 Å². The molecule has 0 bridgehead atoms. The minimum absolute atomic E-state index is 0. The highest BCUT2D eigenvalue weighted by Crippen LogP contribution is 2.13. The zero-order valence-electron chi connectivity index (χ0n) is 44.5. The van der Waals surface area contributed by atoms with Crippen LogP contribution < -0.4 is 37.6 Å². The van der Waals surface area contributed by atoms with Crippen LogP contribution in [0, 0.1) is 13.8 Å². The Morgan fingerprint density at radius 3 is 1.65 bits per heavy atom. The van der Waals surface area contributed by atoms with Gasteiger partial charge in [0, 0.05) is 68.8 Å². The van der Waals surface area contributed by atoms with Gasteiger partial charge < -0.3 is 52.6 Å². The highest BCUT2D eigenvalue weighted by molar-refractivity contribution is 7.88. The van der Waals surface area contributed by atoms with E-state index in [1.807, 2.05) is 47.6 Å². The fourth-order valence-electron chi connectivity index (χ4n) is 5.85. The maximum absolute atomic E-state index is 11.6. The number of piperazine rings is 1. The van der Waals surface area contributed by atoms with Crippen LogP contribution in [0.1, 0.15) is 133 Å². The molecule has 74 heavy (non-hydrogen) atoms. The van der Waals surface area contributed by atoms with Gasteiger partial charge in [-0.1, -0.05) is 7.43 Å². The predicted molar refractivity (Wildman–Crippen MR) is 276 cm³/mol. The van der Waals surface area contributed by atoms with Gasteiger partial charge in [-0.2, -0.15) is 0 Å². The van der Waals surface area contributed by atoms with Crippen LogP contribution in [0.4, 0.5) is 14.4 Å². The summed E-state index contributed by atoms with van der Waals surface area (Å²) in [6.07, 6.45) is 3.77. The Morgan fingerprint density at radius 2 is 1.22 bits per heavy atom. The van der Waals surface area contributed by atoms with Gasteiger partial charge in [-0.15, -0.1) is 0 Å². The van der Waals surface area contributed by atoms with Crippen molar-refractivity contribution in [3.63, 3.8) is 0 Å². The maximum atomic E-state index is 11.6. The Labute approximate surface area is 434 Å². The van der Waals surface area contributed by atoms with Crippen molar-refractivity contribution in [1.82, 2.24) is 65.9 Å². The number of carbonyl (C=O) groups is 10. The molecule has 2 aromatic heterocycles. The van der Waals surface area contributed by atoms with Gasteiger partial charge in [0.25, 0.3) is 11.8 Å². The number of rotatable bonds is 13. The summed E-state index contributed by atoms with van der Waals surface area (Å²) in [6, 6.07) is -0.715. The van der Waals surface area contributed by atoms with Crippen molar-refractivity contribution in [2.75, 3.05) is 46.0 Å². The fourth-order valence-corrected chi connectivity index (χ4v) is 6.65. The van der Waals surface area contributed by atoms with Crippen LogP contribution in [0.2, 0.25) is 0 Å². The zero-order chi connectivity index (χ0) is 56.7. The lowest BCUT2D eigenvalue weighted by molar-refractivity contribution is -0.153. The third-order valence-corrected chi connectivity index (χ3v) is 10.4. The molecule has 0 saturated carbocycles. The van der Waals surface area contributed by atoms with Crippen molar-refractivity contribution >= 4 is 69.5 Å². The smallest absolute Gasteiger partial charge is 0.354 e. The number of imidazole rings is 1. The first-order valence-electron chi connectivity index (χ1n) is 23.3. The molecule has 2 aromatic rings. The van der Waals surface area contributed by atoms with Crippen molar-refractivity contribution in [3.05, 3.63) is 46.8 Å². The number of carbonyl (C=O) groups excluding carboxylic acids is 9. The molecule has 0 spiro atoms. The van der Waals surface area contributed by atoms with E-state index in [1.165, 1.54) is 18.3 Å². The summed E-state index contributed by atoms with van der Waals surface area (Å²) in [5.74, 6) is -3.61. The second-order valence-corrected chi connectivity index (χ2v) is 19.7. The first-order chi connectivity index (χ1) is 33.7. The van der Waals surface area contributed by atoms with Gasteiger partial charge in [0.2, 0.25) is 21.8 Å². The second kappa shape index (κ2) is 32.8. The number of aromatic carboxylic acids is 1. The zero-order valence-corrected chi connectivity index (χ0v) is 45.3. The van der Waals surface area contributed by atoms with Gasteiger partial charge in [0.05, 0.1) is 43.7 Å². The highest BCUT2D eigenvalue weighted by Gasteiger charge is 2.38. The predicted octanol–water partition coefficient (Wildman–Crippen LogP) is 1.29. The van der Waals surface area contributed by atoms with Crippen LogP contribution in [0.15, 0.2) is 18.6 Å². The lowest BCUT2D eigenvalue weighted by atomic mass is 10.1. The molecule has 12 amide bonds. The summed E-state index contributed by atoms with van der Waals surface area (Å²) in [5, 5.41) is 24.2. The van der Waals surface area contributed by atoms with E-state index in [2.05, 4.69) is 46.9 Å². The highest BCUT2D eigenvalue weighted by atomic mass is 32.2. The monoisotopic (exact) mass is 1070 g/mol. The normalized spacial score (nSPS) is 13.4. The molecule has 4 heterocycles. The van der Waals surface area contributed by atoms with Crippen LogP contribution in [-0.2, 0) is 29.2 Å². The van der Waals surface area contributed by atoms with E-state index in [9.17, 15) is 56.4 Å². The van der Waals surface area contributed by atoms with Gasteiger partial charge in [-0.05, 0) is 102 Å². The summed E-state index contributed by atoms with van der Waals surface area (Å²) >= 11 is 0. The molecule has 2 saturated heterocycles. The second-order valence-electron chi connectivity index (χ2n) is 17.8. The van der Waals surface area contributed by atoms with E-state index >= 15 is 0 Å². The van der Waals surface area contributed by atoms with E-state index in [1.54, 1.807) is 54.7 Å². The summed E-state index contributed by atoms with van der Waals surface area (Å²) in [6.45, 7) is 25.1. The molecule has 0 aliphatic carbocycles. The SMILES string of the molecule is C.CC(C)NC(=O)N1CCN(S(C)(=O)=O)C1=O.CC(C)NC(=O)c1nc[nH]c1C(=O)O.CCN1CCN(C(=O)NC(C)C)C(=O)C1=O.CNC(=O)CC(N)C(=O)NC(C)C.Cc1cc(C)c(C(=O)NC(C)C)cn1. The number of aromatic nitrogens is 3. The number of aromatic amines is 1. The summed E-state index contributed by atoms with van der Waals surface area (Å²) in [5.41, 5.74) is 7.74. The third kappa shape index (κ3) is 24.5. The number of carboxylic acid groups (broad SMARTS) is 1. The van der Waals surface area contributed by atoms with Crippen LogP contribution in [0.5, 0.6) is 0 Å².